The van der Waals surface area contributed by atoms with Gasteiger partial charge in [0.2, 0.25) is 0 Å². The Bertz CT molecular complexity index is 770. The second-order valence-corrected chi connectivity index (χ2v) is 6.47. The highest BCUT2D eigenvalue weighted by molar-refractivity contribution is 5.93. The van der Waals surface area contributed by atoms with Gasteiger partial charge in [0.25, 0.3) is 5.91 Å². The summed E-state index contributed by atoms with van der Waals surface area (Å²) in [5.74, 6) is -0.102. The minimum Gasteiger partial charge on any atom is -0.479 e. The number of rotatable bonds is 7. The molecule has 0 aliphatic carbocycles. The Balaban J connectivity index is 1.86. The molecule has 0 saturated heterocycles. The number of nitrogens with one attached hydrogen (secondary N) is 1. The van der Waals surface area contributed by atoms with E-state index in [0.29, 0.717) is 5.75 Å². The Morgan fingerprint density at radius 1 is 1.04 bits per heavy atom. The van der Waals surface area contributed by atoms with Crippen LogP contribution in [0.5, 0.6) is 5.75 Å². The van der Waals surface area contributed by atoms with Gasteiger partial charge >= 0.3 is 5.97 Å². The lowest BCUT2D eigenvalue weighted by atomic mass is 10.0. The summed E-state index contributed by atoms with van der Waals surface area (Å²) in [5.41, 5.74) is 2.79. The number of aryl methyl sites for hydroxylation is 1. The molecule has 0 aliphatic rings. The summed E-state index contributed by atoms with van der Waals surface area (Å²) >= 11 is 0. The van der Waals surface area contributed by atoms with E-state index in [-0.39, 0.29) is 18.4 Å². The minimum atomic E-state index is -0.799. The van der Waals surface area contributed by atoms with Crippen molar-refractivity contribution in [1.82, 2.24) is 0 Å². The van der Waals surface area contributed by atoms with E-state index in [9.17, 15) is 9.59 Å². The van der Waals surface area contributed by atoms with Gasteiger partial charge in [0, 0.05) is 5.69 Å². The van der Waals surface area contributed by atoms with Gasteiger partial charge in [-0.3, -0.25) is 4.79 Å². The van der Waals surface area contributed by atoms with Gasteiger partial charge in [-0.15, -0.1) is 0 Å². The average Bonchev–Trinajstić information content (AvgIpc) is 2.60. The Morgan fingerprint density at radius 3 is 2.46 bits per heavy atom. The molecule has 138 valence electrons. The third-order valence-corrected chi connectivity index (χ3v) is 3.84. The fourth-order valence-corrected chi connectivity index (χ4v) is 2.50. The predicted octanol–water partition coefficient (Wildman–Crippen LogP) is 4.07. The normalized spacial score (nSPS) is 11.7. The van der Waals surface area contributed by atoms with Crippen molar-refractivity contribution >= 4 is 17.6 Å². The summed E-state index contributed by atoms with van der Waals surface area (Å²) in [4.78, 5) is 24.1. The van der Waals surface area contributed by atoms with E-state index in [1.807, 2.05) is 49.4 Å². The molecule has 0 fully saturated rings. The zero-order valence-electron chi connectivity index (χ0n) is 15.6. The lowest BCUT2D eigenvalue weighted by Gasteiger charge is -2.15. The number of anilines is 1. The summed E-state index contributed by atoms with van der Waals surface area (Å²) in [7, 11) is 0. The molecule has 1 amide bonds. The molecular weight excluding hydrogens is 330 g/mol. The van der Waals surface area contributed by atoms with E-state index in [1.54, 1.807) is 13.0 Å². The van der Waals surface area contributed by atoms with Gasteiger partial charge in [0.1, 0.15) is 5.75 Å². The number of carbonyl (C=O) groups is 2. The number of amides is 1. The molecule has 5 nitrogen and oxygen atoms in total. The van der Waals surface area contributed by atoms with Crippen LogP contribution in [0, 0.1) is 6.92 Å². The molecule has 26 heavy (non-hydrogen) atoms. The van der Waals surface area contributed by atoms with Crippen LogP contribution in [0.15, 0.2) is 48.5 Å². The number of para-hydroxylation sites is 1. The molecular formula is C21H25NO4. The molecule has 0 heterocycles. The zero-order chi connectivity index (χ0) is 19.1. The molecule has 1 N–H and O–H groups in total. The van der Waals surface area contributed by atoms with Gasteiger partial charge in [-0.2, -0.15) is 0 Å². The molecule has 2 aromatic carbocycles. The van der Waals surface area contributed by atoms with Gasteiger partial charge in [0.05, 0.1) is 0 Å². The van der Waals surface area contributed by atoms with Crippen molar-refractivity contribution in [2.75, 3.05) is 11.9 Å². The first-order chi connectivity index (χ1) is 12.4. The molecule has 0 saturated carbocycles. The van der Waals surface area contributed by atoms with Gasteiger partial charge in [-0.25, -0.2) is 4.79 Å². The third-order valence-electron chi connectivity index (χ3n) is 3.84. The third kappa shape index (κ3) is 5.62. The minimum absolute atomic E-state index is 0.275. The van der Waals surface area contributed by atoms with E-state index in [0.717, 1.165) is 16.8 Å². The lowest BCUT2D eigenvalue weighted by molar-refractivity contribution is -0.153. The van der Waals surface area contributed by atoms with E-state index < -0.39 is 12.1 Å². The van der Waals surface area contributed by atoms with Crippen molar-refractivity contribution in [1.29, 1.82) is 0 Å². The molecule has 5 heteroatoms. The topological polar surface area (TPSA) is 64.6 Å². The molecule has 0 radical (unpaired) electrons. The van der Waals surface area contributed by atoms with Gasteiger partial charge in [-0.1, -0.05) is 44.2 Å². The second kappa shape index (κ2) is 9.04. The van der Waals surface area contributed by atoms with Crippen LogP contribution in [0.4, 0.5) is 5.69 Å². The van der Waals surface area contributed by atoms with E-state index in [2.05, 4.69) is 19.2 Å². The van der Waals surface area contributed by atoms with Crippen molar-refractivity contribution in [3.05, 3.63) is 59.7 Å². The number of hydrogen-bond acceptors (Lipinski definition) is 4. The smallest absolute Gasteiger partial charge is 0.347 e. The first kappa shape index (κ1) is 19.5. The molecule has 0 aromatic heterocycles. The Hall–Kier alpha value is -2.82. The number of esters is 1. The van der Waals surface area contributed by atoms with Crippen molar-refractivity contribution in [3.8, 4) is 5.75 Å². The van der Waals surface area contributed by atoms with Gasteiger partial charge in [0.15, 0.2) is 12.7 Å². The van der Waals surface area contributed by atoms with Crippen LogP contribution in [0.1, 0.15) is 37.8 Å². The highest BCUT2D eigenvalue weighted by Gasteiger charge is 2.18. The quantitative estimate of drug-likeness (QED) is 0.761. The van der Waals surface area contributed by atoms with Gasteiger partial charge in [-0.05, 0) is 49.1 Å². The van der Waals surface area contributed by atoms with Crippen molar-refractivity contribution < 1.29 is 19.1 Å². The molecule has 0 bridgehead atoms. The number of ether oxygens (including phenoxy) is 2. The number of hydrogen-bond donors (Lipinski definition) is 1. The van der Waals surface area contributed by atoms with Crippen LogP contribution in [-0.4, -0.2) is 24.6 Å². The molecule has 1 atom stereocenters. The fourth-order valence-electron chi connectivity index (χ4n) is 2.50. The van der Waals surface area contributed by atoms with E-state index in [4.69, 9.17) is 9.47 Å². The Labute approximate surface area is 154 Å². The SMILES string of the molecule is Cc1cccc(O[C@@H](C)C(=O)OCC(=O)Nc2ccccc2C(C)C)c1. The van der Waals surface area contributed by atoms with Crippen LogP contribution in [-0.2, 0) is 14.3 Å². The molecule has 2 aromatic rings. The van der Waals surface area contributed by atoms with Crippen LogP contribution < -0.4 is 10.1 Å². The highest BCUT2D eigenvalue weighted by Crippen LogP contribution is 2.23. The first-order valence-corrected chi connectivity index (χ1v) is 8.65. The van der Waals surface area contributed by atoms with E-state index in [1.165, 1.54) is 0 Å². The van der Waals surface area contributed by atoms with Crippen molar-refractivity contribution in [2.45, 2.75) is 39.7 Å². The van der Waals surface area contributed by atoms with Crippen LogP contribution in [0.3, 0.4) is 0 Å². The molecule has 0 spiro atoms. The molecule has 2 rings (SSSR count). The largest absolute Gasteiger partial charge is 0.479 e. The van der Waals surface area contributed by atoms with Crippen LogP contribution in [0.2, 0.25) is 0 Å². The monoisotopic (exact) mass is 355 g/mol. The summed E-state index contributed by atoms with van der Waals surface area (Å²) in [5, 5.41) is 2.79. The highest BCUT2D eigenvalue weighted by atomic mass is 16.6. The summed E-state index contributed by atoms with van der Waals surface area (Å²) in [6, 6.07) is 15.0. The lowest BCUT2D eigenvalue weighted by Crippen LogP contribution is -2.30. The average molecular weight is 355 g/mol. The first-order valence-electron chi connectivity index (χ1n) is 8.65. The summed E-state index contributed by atoms with van der Waals surface area (Å²) in [6.45, 7) is 7.28. The standard InChI is InChI=1S/C21H25NO4/c1-14(2)18-10-5-6-11-19(18)22-20(23)13-25-21(24)16(4)26-17-9-7-8-15(3)12-17/h5-12,14,16H,13H2,1-4H3,(H,22,23)/t16-/m0/s1. The van der Waals surface area contributed by atoms with Crippen molar-refractivity contribution in [3.63, 3.8) is 0 Å². The maximum absolute atomic E-state index is 12.1. The maximum atomic E-state index is 12.1. The molecule has 0 unspecified atom stereocenters. The summed E-state index contributed by atoms with van der Waals surface area (Å²) < 4.78 is 10.6. The zero-order valence-corrected chi connectivity index (χ0v) is 15.6. The Morgan fingerprint density at radius 2 is 1.77 bits per heavy atom. The van der Waals surface area contributed by atoms with E-state index >= 15 is 0 Å². The second-order valence-electron chi connectivity index (χ2n) is 6.47. The predicted molar refractivity (Wildman–Crippen MR) is 101 cm³/mol. The number of carbonyl (C=O) groups excluding carboxylic acids is 2. The van der Waals surface area contributed by atoms with Crippen molar-refractivity contribution in [2.24, 2.45) is 0 Å². The molecule has 0 aliphatic heterocycles. The fraction of sp³-hybridized carbons (Fsp3) is 0.333. The van der Waals surface area contributed by atoms with Crippen LogP contribution >= 0.6 is 0 Å². The Kier molecular flexibility index (Phi) is 6.78. The van der Waals surface area contributed by atoms with Gasteiger partial charge < -0.3 is 14.8 Å². The van der Waals surface area contributed by atoms with Crippen LogP contribution in [0.25, 0.3) is 0 Å². The number of benzene rings is 2. The maximum Gasteiger partial charge on any atom is 0.347 e. The summed E-state index contributed by atoms with van der Waals surface area (Å²) in [6.07, 6.45) is -0.799.